The standard InChI is InChI=1S/C18H30N2O3S/c1-19(24(2,22)23)16-3-5-20(6-4-16)18(21)17-14-8-12-7-13(10-14)11-15(17)9-12/h12-17H,3-11H2,1-2H3. The minimum absolute atomic E-state index is 0.0440. The number of likely N-dealkylation sites (tertiary alicyclic amines) is 1. The van der Waals surface area contributed by atoms with Gasteiger partial charge in [0.2, 0.25) is 15.9 Å². The lowest BCUT2D eigenvalue weighted by Gasteiger charge is -2.54. The van der Waals surface area contributed by atoms with Crippen molar-refractivity contribution >= 4 is 15.9 Å². The summed E-state index contributed by atoms with van der Waals surface area (Å²) < 4.78 is 24.9. The molecule has 0 N–H and O–H groups in total. The maximum absolute atomic E-state index is 13.2. The molecule has 5 rings (SSSR count). The molecule has 5 aliphatic rings. The van der Waals surface area contributed by atoms with E-state index in [2.05, 4.69) is 0 Å². The smallest absolute Gasteiger partial charge is 0.226 e. The van der Waals surface area contributed by atoms with Crippen LogP contribution in [-0.2, 0) is 14.8 Å². The van der Waals surface area contributed by atoms with Gasteiger partial charge in [-0.05, 0) is 68.6 Å². The van der Waals surface area contributed by atoms with Gasteiger partial charge in [0, 0.05) is 32.1 Å². The highest BCUT2D eigenvalue weighted by Crippen LogP contribution is 2.56. The Labute approximate surface area is 145 Å². The zero-order valence-corrected chi connectivity index (χ0v) is 15.7. The van der Waals surface area contributed by atoms with E-state index in [0.717, 1.165) is 24.7 Å². The molecule has 0 atom stereocenters. The Morgan fingerprint density at radius 1 is 0.958 bits per heavy atom. The predicted molar refractivity (Wildman–Crippen MR) is 92.7 cm³/mol. The maximum atomic E-state index is 13.2. The quantitative estimate of drug-likeness (QED) is 0.778. The lowest BCUT2D eigenvalue weighted by Crippen LogP contribution is -2.54. The van der Waals surface area contributed by atoms with Crippen LogP contribution < -0.4 is 0 Å². The van der Waals surface area contributed by atoms with Crippen LogP contribution in [-0.4, -0.2) is 56.0 Å². The molecule has 0 spiro atoms. The van der Waals surface area contributed by atoms with Gasteiger partial charge in [-0.2, -0.15) is 0 Å². The van der Waals surface area contributed by atoms with Gasteiger partial charge in [0.05, 0.1) is 6.26 Å². The van der Waals surface area contributed by atoms with E-state index in [9.17, 15) is 13.2 Å². The molecule has 1 aliphatic heterocycles. The summed E-state index contributed by atoms with van der Waals surface area (Å²) in [5, 5.41) is 0. The predicted octanol–water partition coefficient (Wildman–Crippen LogP) is 1.94. The van der Waals surface area contributed by atoms with Crippen LogP contribution in [0.2, 0.25) is 0 Å². The Hall–Kier alpha value is -0.620. The highest BCUT2D eigenvalue weighted by Gasteiger charge is 2.51. The first-order valence-electron chi connectivity index (χ1n) is 9.54. The van der Waals surface area contributed by atoms with Crippen molar-refractivity contribution in [2.24, 2.45) is 29.6 Å². The second-order valence-electron chi connectivity index (χ2n) is 8.79. The summed E-state index contributed by atoms with van der Waals surface area (Å²) in [5.74, 6) is 3.69. The first-order chi connectivity index (χ1) is 11.3. The minimum Gasteiger partial charge on any atom is -0.342 e. The van der Waals surface area contributed by atoms with Gasteiger partial charge >= 0.3 is 0 Å². The number of piperidine rings is 1. The third-order valence-corrected chi connectivity index (χ3v) is 8.67. The van der Waals surface area contributed by atoms with Crippen LogP contribution in [0.25, 0.3) is 0 Å². The second kappa shape index (κ2) is 5.97. The summed E-state index contributed by atoms with van der Waals surface area (Å²) in [4.78, 5) is 15.2. The Morgan fingerprint density at radius 3 is 1.92 bits per heavy atom. The Kier molecular flexibility index (Phi) is 4.19. The summed E-state index contributed by atoms with van der Waals surface area (Å²) in [6.45, 7) is 1.43. The number of hydrogen-bond donors (Lipinski definition) is 0. The van der Waals surface area contributed by atoms with Gasteiger partial charge in [0.25, 0.3) is 0 Å². The zero-order chi connectivity index (χ0) is 17.1. The van der Waals surface area contributed by atoms with Crippen LogP contribution in [0.5, 0.6) is 0 Å². The number of rotatable bonds is 3. The van der Waals surface area contributed by atoms with Gasteiger partial charge in [-0.3, -0.25) is 4.79 Å². The van der Waals surface area contributed by atoms with Gasteiger partial charge in [-0.15, -0.1) is 0 Å². The van der Waals surface area contributed by atoms with E-state index >= 15 is 0 Å². The number of sulfonamides is 1. The van der Waals surface area contributed by atoms with E-state index in [1.807, 2.05) is 4.90 Å². The highest BCUT2D eigenvalue weighted by molar-refractivity contribution is 7.88. The minimum atomic E-state index is -3.14. The molecule has 5 nitrogen and oxygen atoms in total. The molecule has 4 saturated carbocycles. The fraction of sp³-hybridized carbons (Fsp3) is 0.944. The number of carbonyl (C=O) groups is 1. The van der Waals surface area contributed by atoms with Crippen LogP contribution in [0.3, 0.4) is 0 Å². The molecule has 0 unspecified atom stereocenters. The van der Waals surface area contributed by atoms with Gasteiger partial charge in [0.1, 0.15) is 0 Å². The van der Waals surface area contributed by atoms with Crippen molar-refractivity contribution in [3.8, 4) is 0 Å². The van der Waals surface area contributed by atoms with Crippen molar-refractivity contribution in [2.75, 3.05) is 26.4 Å². The Balaban J connectivity index is 1.39. The maximum Gasteiger partial charge on any atom is 0.226 e. The molecule has 4 bridgehead atoms. The summed E-state index contributed by atoms with van der Waals surface area (Å²) in [5.41, 5.74) is 0. The van der Waals surface area contributed by atoms with Crippen molar-refractivity contribution in [1.29, 1.82) is 0 Å². The summed E-state index contributed by atoms with van der Waals surface area (Å²) in [6, 6.07) is 0.0440. The normalized spacial score (nSPS) is 39.6. The number of hydrogen-bond acceptors (Lipinski definition) is 3. The van der Waals surface area contributed by atoms with Crippen molar-refractivity contribution in [1.82, 2.24) is 9.21 Å². The molecular weight excluding hydrogens is 324 g/mol. The van der Waals surface area contributed by atoms with Gasteiger partial charge in [-0.25, -0.2) is 12.7 Å². The largest absolute Gasteiger partial charge is 0.342 e. The van der Waals surface area contributed by atoms with E-state index in [4.69, 9.17) is 0 Å². The molecule has 1 saturated heterocycles. The van der Waals surface area contributed by atoms with Crippen molar-refractivity contribution in [3.63, 3.8) is 0 Å². The molecule has 1 amide bonds. The molecule has 0 aromatic carbocycles. The summed E-state index contributed by atoms with van der Waals surface area (Å²) in [6.07, 6.45) is 9.31. The third kappa shape index (κ3) is 2.90. The first-order valence-corrected chi connectivity index (χ1v) is 11.4. The molecule has 0 aromatic heterocycles. The monoisotopic (exact) mass is 354 g/mol. The van der Waals surface area contributed by atoms with E-state index < -0.39 is 10.0 Å². The van der Waals surface area contributed by atoms with E-state index in [-0.39, 0.29) is 12.0 Å². The van der Waals surface area contributed by atoms with E-state index in [1.54, 1.807) is 7.05 Å². The third-order valence-electron chi connectivity index (χ3n) is 7.33. The lowest BCUT2D eigenvalue weighted by atomic mass is 9.51. The fourth-order valence-electron chi connectivity index (χ4n) is 6.26. The highest BCUT2D eigenvalue weighted by atomic mass is 32.2. The Morgan fingerprint density at radius 2 is 1.46 bits per heavy atom. The van der Waals surface area contributed by atoms with Crippen LogP contribution in [0.4, 0.5) is 0 Å². The van der Waals surface area contributed by atoms with E-state index in [1.165, 1.54) is 42.7 Å². The molecule has 136 valence electrons. The molecule has 24 heavy (non-hydrogen) atoms. The number of nitrogens with zero attached hydrogens (tertiary/aromatic N) is 2. The fourth-order valence-corrected chi connectivity index (χ4v) is 7.01. The SMILES string of the molecule is CN(C1CCN(C(=O)C2C3CC4CC(C3)CC2C4)CC1)S(C)(=O)=O. The molecule has 0 aromatic rings. The topological polar surface area (TPSA) is 57.7 Å². The molecule has 1 heterocycles. The summed E-state index contributed by atoms with van der Waals surface area (Å²) in [7, 11) is -1.48. The first kappa shape index (κ1) is 16.8. The summed E-state index contributed by atoms with van der Waals surface area (Å²) >= 11 is 0. The molecule has 0 radical (unpaired) electrons. The van der Waals surface area contributed by atoms with Crippen LogP contribution in [0, 0.1) is 29.6 Å². The van der Waals surface area contributed by atoms with Crippen LogP contribution in [0.15, 0.2) is 0 Å². The van der Waals surface area contributed by atoms with Gasteiger partial charge in [-0.1, -0.05) is 0 Å². The van der Waals surface area contributed by atoms with E-state index in [0.29, 0.717) is 30.8 Å². The average Bonchev–Trinajstić information content (AvgIpc) is 2.52. The Bertz CT molecular complexity index is 582. The second-order valence-corrected chi connectivity index (χ2v) is 10.8. The molecule has 6 heteroatoms. The molecular formula is C18H30N2O3S. The number of amides is 1. The van der Waals surface area contributed by atoms with Crippen molar-refractivity contribution in [3.05, 3.63) is 0 Å². The molecule has 5 fully saturated rings. The van der Waals surface area contributed by atoms with Gasteiger partial charge < -0.3 is 4.90 Å². The van der Waals surface area contributed by atoms with Crippen molar-refractivity contribution in [2.45, 2.75) is 51.0 Å². The van der Waals surface area contributed by atoms with Gasteiger partial charge in [0.15, 0.2) is 0 Å². The number of carbonyl (C=O) groups excluding carboxylic acids is 1. The zero-order valence-electron chi connectivity index (χ0n) is 14.9. The van der Waals surface area contributed by atoms with Crippen LogP contribution in [0.1, 0.15) is 44.9 Å². The lowest BCUT2D eigenvalue weighted by molar-refractivity contribution is -0.150. The van der Waals surface area contributed by atoms with Crippen LogP contribution >= 0.6 is 0 Å². The average molecular weight is 355 g/mol. The van der Waals surface area contributed by atoms with Crippen molar-refractivity contribution < 1.29 is 13.2 Å². The molecule has 4 aliphatic carbocycles.